The van der Waals surface area contributed by atoms with E-state index in [4.69, 9.17) is 5.73 Å². The molecule has 1 heterocycles. The molecule has 4 nitrogen and oxygen atoms in total. The molecular weight excluding hydrogens is 260 g/mol. The molecule has 4 heteroatoms. The summed E-state index contributed by atoms with van der Waals surface area (Å²) in [7, 11) is 0. The predicted octanol–water partition coefficient (Wildman–Crippen LogP) is 2.96. The Labute approximate surface area is 126 Å². The van der Waals surface area contributed by atoms with E-state index >= 15 is 0 Å². The molecule has 0 atom stereocenters. The quantitative estimate of drug-likeness (QED) is 0.830. The molecule has 0 saturated heterocycles. The van der Waals surface area contributed by atoms with E-state index in [0.717, 1.165) is 37.1 Å². The standard InChI is InChI=1S/C17H24N4/c1-3-21-17(10-13(2)19-21)12-20(16-8-9-16)11-14-4-6-15(18)7-5-14/h4-7,10,16H,3,8-9,11-12,18H2,1-2H3. The summed E-state index contributed by atoms with van der Waals surface area (Å²) < 4.78 is 2.12. The maximum Gasteiger partial charge on any atom is 0.0597 e. The van der Waals surface area contributed by atoms with Gasteiger partial charge in [-0.2, -0.15) is 5.10 Å². The summed E-state index contributed by atoms with van der Waals surface area (Å²) in [5.74, 6) is 0. The smallest absolute Gasteiger partial charge is 0.0597 e. The number of rotatable bonds is 6. The van der Waals surface area contributed by atoms with Crippen LogP contribution >= 0.6 is 0 Å². The van der Waals surface area contributed by atoms with Gasteiger partial charge in [0.2, 0.25) is 0 Å². The van der Waals surface area contributed by atoms with Gasteiger partial charge in [0.25, 0.3) is 0 Å². The molecule has 0 amide bonds. The van der Waals surface area contributed by atoms with Crippen molar-refractivity contribution in [2.75, 3.05) is 5.73 Å². The van der Waals surface area contributed by atoms with E-state index in [1.165, 1.54) is 24.1 Å². The lowest BCUT2D eigenvalue weighted by molar-refractivity contribution is 0.238. The second kappa shape index (κ2) is 5.90. The Kier molecular flexibility index (Phi) is 3.97. The van der Waals surface area contributed by atoms with Gasteiger partial charge in [-0.1, -0.05) is 12.1 Å². The van der Waals surface area contributed by atoms with Crippen molar-refractivity contribution in [3.63, 3.8) is 0 Å². The second-order valence-corrected chi connectivity index (χ2v) is 5.97. The largest absolute Gasteiger partial charge is 0.399 e. The van der Waals surface area contributed by atoms with Crippen molar-refractivity contribution in [1.82, 2.24) is 14.7 Å². The van der Waals surface area contributed by atoms with Gasteiger partial charge in [0.1, 0.15) is 0 Å². The topological polar surface area (TPSA) is 47.1 Å². The van der Waals surface area contributed by atoms with Crippen molar-refractivity contribution in [2.24, 2.45) is 0 Å². The fourth-order valence-electron chi connectivity index (χ4n) is 2.82. The molecule has 0 aliphatic heterocycles. The monoisotopic (exact) mass is 284 g/mol. The summed E-state index contributed by atoms with van der Waals surface area (Å²) in [4.78, 5) is 2.56. The first-order chi connectivity index (χ1) is 10.2. The average molecular weight is 284 g/mol. The molecule has 0 radical (unpaired) electrons. The van der Waals surface area contributed by atoms with Crippen molar-refractivity contribution >= 4 is 5.69 Å². The zero-order chi connectivity index (χ0) is 14.8. The van der Waals surface area contributed by atoms with E-state index < -0.39 is 0 Å². The Balaban J connectivity index is 1.74. The van der Waals surface area contributed by atoms with Gasteiger partial charge in [-0.25, -0.2) is 0 Å². The van der Waals surface area contributed by atoms with Crippen LogP contribution in [0.5, 0.6) is 0 Å². The molecular formula is C17H24N4. The van der Waals surface area contributed by atoms with Crippen LogP contribution in [-0.2, 0) is 19.6 Å². The highest BCUT2D eigenvalue weighted by atomic mass is 15.3. The van der Waals surface area contributed by atoms with Gasteiger partial charge in [-0.05, 0) is 50.5 Å². The number of hydrogen-bond acceptors (Lipinski definition) is 3. The maximum absolute atomic E-state index is 5.77. The Morgan fingerprint density at radius 2 is 1.95 bits per heavy atom. The van der Waals surface area contributed by atoms with E-state index in [-0.39, 0.29) is 0 Å². The van der Waals surface area contributed by atoms with Gasteiger partial charge in [0.05, 0.1) is 11.4 Å². The van der Waals surface area contributed by atoms with Gasteiger partial charge in [0.15, 0.2) is 0 Å². The van der Waals surface area contributed by atoms with Crippen LogP contribution in [0.3, 0.4) is 0 Å². The highest BCUT2D eigenvalue weighted by molar-refractivity contribution is 5.39. The number of nitrogens with zero attached hydrogens (tertiary/aromatic N) is 3. The van der Waals surface area contributed by atoms with Crippen LogP contribution in [0.15, 0.2) is 30.3 Å². The lowest BCUT2D eigenvalue weighted by atomic mass is 10.2. The van der Waals surface area contributed by atoms with Crippen molar-refractivity contribution in [3.8, 4) is 0 Å². The van der Waals surface area contributed by atoms with Gasteiger partial charge in [-0.3, -0.25) is 9.58 Å². The van der Waals surface area contributed by atoms with Crippen LogP contribution < -0.4 is 5.73 Å². The van der Waals surface area contributed by atoms with Gasteiger partial charge < -0.3 is 5.73 Å². The molecule has 0 spiro atoms. The zero-order valence-corrected chi connectivity index (χ0v) is 12.9. The third-order valence-corrected chi connectivity index (χ3v) is 4.08. The summed E-state index contributed by atoms with van der Waals surface area (Å²) in [5, 5.41) is 4.55. The summed E-state index contributed by atoms with van der Waals surface area (Å²) in [6.07, 6.45) is 2.63. The molecule has 21 heavy (non-hydrogen) atoms. The van der Waals surface area contributed by atoms with Crippen LogP contribution in [0.1, 0.15) is 36.7 Å². The van der Waals surface area contributed by atoms with Crippen LogP contribution in [-0.4, -0.2) is 20.7 Å². The first-order valence-electron chi connectivity index (χ1n) is 7.77. The molecule has 0 unspecified atom stereocenters. The molecule has 1 aliphatic rings. The first-order valence-corrected chi connectivity index (χ1v) is 7.77. The SMILES string of the molecule is CCn1nc(C)cc1CN(Cc1ccc(N)cc1)C1CC1. The van der Waals surface area contributed by atoms with E-state index in [9.17, 15) is 0 Å². The molecule has 0 bridgehead atoms. The minimum atomic E-state index is 0.725. The van der Waals surface area contributed by atoms with E-state index in [1.807, 2.05) is 12.1 Å². The van der Waals surface area contributed by atoms with E-state index in [1.54, 1.807) is 0 Å². The third kappa shape index (κ3) is 3.45. The predicted molar refractivity (Wildman–Crippen MR) is 85.8 cm³/mol. The van der Waals surface area contributed by atoms with Gasteiger partial charge in [0, 0.05) is 31.4 Å². The van der Waals surface area contributed by atoms with E-state index in [2.05, 4.69) is 46.7 Å². The number of aryl methyl sites for hydroxylation is 2. The third-order valence-electron chi connectivity index (χ3n) is 4.08. The van der Waals surface area contributed by atoms with Crippen LogP contribution in [0.25, 0.3) is 0 Å². The number of aromatic nitrogens is 2. The normalized spacial score (nSPS) is 14.8. The van der Waals surface area contributed by atoms with Crippen LogP contribution in [0.4, 0.5) is 5.69 Å². The fraction of sp³-hybridized carbons (Fsp3) is 0.471. The number of benzene rings is 1. The summed E-state index contributed by atoms with van der Waals surface area (Å²) in [5.41, 5.74) is 10.4. The van der Waals surface area contributed by atoms with Crippen LogP contribution in [0.2, 0.25) is 0 Å². The van der Waals surface area contributed by atoms with Crippen molar-refractivity contribution in [3.05, 3.63) is 47.3 Å². The molecule has 1 aromatic carbocycles. The van der Waals surface area contributed by atoms with Crippen molar-refractivity contribution < 1.29 is 0 Å². The molecule has 1 aliphatic carbocycles. The Morgan fingerprint density at radius 3 is 2.57 bits per heavy atom. The highest BCUT2D eigenvalue weighted by Gasteiger charge is 2.29. The van der Waals surface area contributed by atoms with Gasteiger partial charge in [-0.15, -0.1) is 0 Å². The highest BCUT2D eigenvalue weighted by Crippen LogP contribution is 2.30. The lowest BCUT2D eigenvalue weighted by Crippen LogP contribution is -2.26. The van der Waals surface area contributed by atoms with Crippen LogP contribution in [0, 0.1) is 6.92 Å². The Hall–Kier alpha value is -1.81. The zero-order valence-electron chi connectivity index (χ0n) is 12.9. The summed E-state index contributed by atoms with van der Waals surface area (Å²) in [6, 6.07) is 11.2. The molecule has 3 rings (SSSR count). The number of nitrogens with two attached hydrogens (primary N) is 1. The maximum atomic E-state index is 5.77. The average Bonchev–Trinajstić information content (AvgIpc) is 3.25. The minimum Gasteiger partial charge on any atom is -0.399 e. The number of hydrogen-bond donors (Lipinski definition) is 1. The van der Waals surface area contributed by atoms with E-state index in [0.29, 0.717) is 0 Å². The van der Waals surface area contributed by atoms with Crippen molar-refractivity contribution in [1.29, 1.82) is 0 Å². The lowest BCUT2D eigenvalue weighted by Gasteiger charge is -2.22. The first kappa shape index (κ1) is 14.1. The molecule has 2 N–H and O–H groups in total. The molecule has 2 aromatic rings. The Bertz CT molecular complexity index is 596. The summed E-state index contributed by atoms with van der Waals surface area (Å²) in [6.45, 7) is 7.11. The second-order valence-electron chi connectivity index (χ2n) is 5.97. The van der Waals surface area contributed by atoms with Gasteiger partial charge >= 0.3 is 0 Å². The molecule has 1 saturated carbocycles. The Morgan fingerprint density at radius 1 is 1.24 bits per heavy atom. The summed E-state index contributed by atoms with van der Waals surface area (Å²) >= 11 is 0. The minimum absolute atomic E-state index is 0.725. The van der Waals surface area contributed by atoms with Crippen molar-refractivity contribution in [2.45, 2.75) is 52.4 Å². The molecule has 112 valence electrons. The number of nitrogen functional groups attached to an aromatic ring is 1. The molecule has 1 fully saturated rings. The number of anilines is 1. The fourth-order valence-corrected chi connectivity index (χ4v) is 2.82. The molecule has 1 aromatic heterocycles.